The molecule has 3 aromatic rings. The summed E-state index contributed by atoms with van der Waals surface area (Å²) >= 11 is 0. The van der Waals surface area contributed by atoms with Gasteiger partial charge in [0.1, 0.15) is 23.9 Å². The van der Waals surface area contributed by atoms with Crippen molar-refractivity contribution in [3.05, 3.63) is 101 Å². The van der Waals surface area contributed by atoms with Crippen molar-refractivity contribution >= 4 is 17.4 Å². The molecule has 8 nitrogen and oxygen atoms in total. The van der Waals surface area contributed by atoms with Crippen LogP contribution in [0.15, 0.2) is 84.4 Å². The fraction of sp³-hybridized carbons (Fsp3) is 0.353. The van der Waals surface area contributed by atoms with E-state index >= 15 is 0 Å². The molecule has 5 rings (SSSR count). The number of morpholine rings is 1. The van der Waals surface area contributed by atoms with Gasteiger partial charge in [0.25, 0.3) is 11.7 Å². The molecular formula is C34H38N2O6. The van der Waals surface area contributed by atoms with E-state index in [2.05, 4.69) is 4.90 Å². The predicted octanol–water partition coefficient (Wildman–Crippen LogP) is 5.20. The highest BCUT2D eigenvalue weighted by atomic mass is 16.5. The molecule has 1 unspecified atom stereocenters. The van der Waals surface area contributed by atoms with Crippen LogP contribution in [0.3, 0.4) is 0 Å². The first-order valence-electron chi connectivity index (χ1n) is 14.5. The van der Waals surface area contributed by atoms with Crippen LogP contribution in [-0.2, 0) is 20.9 Å². The lowest BCUT2D eigenvalue weighted by Crippen LogP contribution is -2.38. The second kappa shape index (κ2) is 13.7. The minimum atomic E-state index is -0.718. The van der Waals surface area contributed by atoms with Crippen LogP contribution in [0.1, 0.15) is 43.0 Å². The quantitative estimate of drug-likeness (QED) is 0.193. The zero-order valence-corrected chi connectivity index (χ0v) is 24.2. The summed E-state index contributed by atoms with van der Waals surface area (Å²) in [4.78, 5) is 30.7. The molecule has 2 aliphatic rings. The van der Waals surface area contributed by atoms with Gasteiger partial charge in [-0.1, -0.05) is 42.5 Å². The van der Waals surface area contributed by atoms with Crippen molar-refractivity contribution in [1.29, 1.82) is 0 Å². The molecule has 0 radical (unpaired) electrons. The van der Waals surface area contributed by atoms with Crippen LogP contribution in [0.5, 0.6) is 11.5 Å². The molecule has 1 amide bonds. The van der Waals surface area contributed by atoms with Gasteiger partial charge < -0.3 is 24.2 Å². The van der Waals surface area contributed by atoms with Crippen molar-refractivity contribution in [2.45, 2.75) is 39.0 Å². The number of ketones is 1. The van der Waals surface area contributed by atoms with Crippen molar-refractivity contribution in [1.82, 2.24) is 9.80 Å². The zero-order chi connectivity index (χ0) is 29.5. The lowest BCUT2D eigenvalue weighted by Gasteiger charge is -2.29. The summed E-state index contributed by atoms with van der Waals surface area (Å²) in [7, 11) is 0. The molecule has 0 spiro atoms. The Balaban J connectivity index is 1.41. The molecule has 8 heteroatoms. The maximum absolute atomic E-state index is 13.4. The number of Topliss-reactive ketones (excluding diaryl/α,β-unsaturated/α-hetero) is 1. The number of amides is 1. The first kappa shape index (κ1) is 29.4. The topological polar surface area (TPSA) is 88.5 Å². The maximum atomic E-state index is 13.4. The Kier molecular flexibility index (Phi) is 9.56. The monoisotopic (exact) mass is 570 g/mol. The third-order valence-corrected chi connectivity index (χ3v) is 7.46. The van der Waals surface area contributed by atoms with E-state index in [0.717, 1.165) is 30.8 Å². The lowest BCUT2D eigenvalue weighted by atomic mass is 9.95. The van der Waals surface area contributed by atoms with Gasteiger partial charge in [-0.25, -0.2) is 0 Å². The summed E-state index contributed by atoms with van der Waals surface area (Å²) in [5.41, 5.74) is 2.32. The van der Waals surface area contributed by atoms with Gasteiger partial charge in [-0.05, 0) is 67.8 Å². The molecule has 42 heavy (non-hydrogen) atoms. The third kappa shape index (κ3) is 7.01. The highest BCUT2D eigenvalue weighted by molar-refractivity contribution is 6.46. The highest BCUT2D eigenvalue weighted by Gasteiger charge is 2.45. The van der Waals surface area contributed by atoms with E-state index in [1.807, 2.05) is 68.4 Å². The molecule has 3 aromatic carbocycles. The van der Waals surface area contributed by atoms with Crippen LogP contribution in [0.25, 0.3) is 5.76 Å². The van der Waals surface area contributed by atoms with Crippen LogP contribution in [0.4, 0.5) is 0 Å². The molecule has 1 N–H and O–H groups in total. The van der Waals surface area contributed by atoms with Gasteiger partial charge in [0.05, 0.1) is 30.9 Å². The van der Waals surface area contributed by atoms with E-state index < -0.39 is 17.7 Å². The predicted molar refractivity (Wildman–Crippen MR) is 160 cm³/mol. The number of nitrogens with zero attached hydrogens (tertiary/aromatic N) is 2. The van der Waals surface area contributed by atoms with Crippen LogP contribution in [-0.4, -0.2) is 72.1 Å². The maximum Gasteiger partial charge on any atom is 0.295 e. The average Bonchev–Trinajstić information content (AvgIpc) is 3.26. The van der Waals surface area contributed by atoms with Crippen molar-refractivity contribution in [2.24, 2.45) is 0 Å². The minimum Gasteiger partial charge on any atom is -0.507 e. The zero-order valence-electron chi connectivity index (χ0n) is 24.2. The summed E-state index contributed by atoms with van der Waals surface area (Å²) in [5.74, 6) is -0.154. The molecule has 2 heterocycles. The Morgan fingerprint density at radius 2 is 1.57 bits per heavy atom. The Labute approximate surface area is 247 Å². The molecule has 1 atom stereocenters. The Morgan fingerprint density at radius 3 is 2.24 bits per heavy atom. The summed E-state index contributed by atoms with van der Waals surface area (Å²) in [6, 6.07) is 23.5. The summed E-state index contributed by atoms with van der Waals surface area (Å²) in [6.45, 7) is 8.58. The summed E-state index contributed by atoms with van der Waals surface area (Å²) < 4.78 is 17.1. The van der Waals surface area contributed by atoms with Gasteiger partial charge in [0, 0.05) is 31.7 Å². The molecule has 2 saturated heterocycles. The van der Waals surface area contributed by atoms with Gasteiger partial charge in [-0.2, -0.15) is 0 Å². The van der Waals surface area contributed by atoms with Crippen LogP contribution in [0, 0.1) is 0 Å². The molecule has 2 fully saturated rings. The van der Waals surface area contributed by atoms with Gasteiger partial charge >= 0.3 is 0 Å². The number of hydrogen-bond donors (Lipinski definition) is 1. The SMILES string of the molecule is CC(C)Oc1ccc(C(O)=C2C(=O)C(=O)N(CCCN3CCOCC3)C2c2ccc(OCc3ccccc3)cc2)cc1. The first-order chi connectivity index (χ1) is 20.4. The smallest absolute Gasteiger partial charge is 0.295 e. The number of aliphatic hydroxyl groups excluding tert-OH is 1. The number of benzene rings is 3. The lowest BCUT2D eigenvalue weighted by molar-refractivity contribution is -0.140. The number of ether oxygens (including phenoxy) is 3. The van der Waals surface area contributed by atoms with E-state index in [1.54, 1.807) is 29.2 Å². The molecule has 0 aromatic heterocycles. The Morgan fingerprint density at radius 1 is 0.905 bits per heavy atom. The summed E-state index contributed by atoms with van der Waals surface area (Å²) in [6.07, 6.45) is 0.704. The van der Waals surface area contributed by atoms with Crippen LogP contribution >= 0.6 is 0 Å². The number of carbonyl (C=O) groups excluding carboxylic acids is 2. The van der Waals surface area contributed by atoms with Gasteiger partial charge in [0.2, 0.25) is 0 Å². The molecule has 220 valence electrons. The van der Waals surface area contributed by atoms with E-state index in [1.165, 1.54) is 0 Å². The Hall–Kier alpha value is -4.14. The standard InChI is InChI=1S/C34H38N2O6/c1-24(2)42-29-15-11-27(12-16-29)32(37)30-31(26-9-13-28(14-10-26)41-23-25-7-4-3-5-8-25)36(34(39)33(30)38)18-6-17-35-19-21-40-22-20-35/h3-5,7-16,24,31,37H,6,17-23H2,1-2H3. The second-order valence-electron chi connectivity index (χ2n) is 10.8. The van der Waals surface area contributed by atoms with Crippen LogP contribution in [0.2, 0.25) is 0 Å². The van der Waals surface area contributed by atoms with Crippen LogP contribution < -0.4 is 9.47 Å². The molecule has 0 saturated carbocycles. The Bertz CT molecular complexity index is 1380. The number of rotatable bonds is 11. The number of likely N-dealkylation sites (tertiary alicyclic amines) is 1. The summed E-state index contributed by atoms with van der Waals surface area (Å²) in [5, 5.41) is 11.4. The fourth-order valence-corrected chi connectivity index (χ4v) is 5.35. The van der Waals surface area contributed by atoms with E-state index in [-0.39, 0.29) is 17.4 Å². The molecule has 0 bridgehead atoms. The van der Waals surface area contributed by atoms with Gasteiger partial charge in [-0.15, -0.1) is 0 Å². The first-order valence-corrected chi connectivity index (χ1v) is 14.5. The van der Waals surface area contributed by atoms with Gasteiger partial charge in [-0.3, -0.25) is 14.5 Å². The number of hydrogen-bond acceptors (Lipinski definition) is 7. The van der Waals surface area contributed by atoms with E-state index in [9.17, 15) is 14.7 Å². The van der Waals surface area contributed by atoms with E-state index in [4.69, 9.17) is 14.2 Å². The van der Waals surface area contributed by atoms with E-state index in [0.29, 0.717) is 49.8 Å². The average molecular weight is 571 g/mol. The number of aliphatic hydroxyl groups is 1. The normalized spacial score (nSPS) is 18.9. The second-order valence-corrected chi connectivity index (χ2v) is 10.8. The molecule has 2 aliphatic heterocycles. The fourth-order valence-electron chi connectivity index (χ4n) is 5.35. The van der Waals surface area contributed by atoms with Crippen molar-refractivity contribution in [2.75, 3.05) is 39.4 Å². The number of carbonyl (C=O) groups is 2. The van der Waals surface area contributed by atoms with Crippen molar-refractivity contribution in [3.63, 3.8) is 0 Å². The van der Waals surface area contributed by atoms with Gasteiger partial charge in [0.15, 0.2) is 0 Å². The molecule has 0 aliphatic carbocycles. The minimum absolute atomic E-state index is 0.00637. The largest absolute Gasteiger partial charge is 0.507 e. The molecular weight excluding hydrogens is 532 g/mol. The highest BCUT2D eigenvalue weighted by Crippen LogP contribution is 2.40. The van der Waals surface area contributed by atoms with Crippen molar-refractivity contribution < 1.29 is 28.9 Å². The van der Waals surface area contributed by atoms with Crippen molar-refractivity contribution in [3.8, 4) is 11.5 Å². The third-order valence-electron chi connectivity index (χ3n) is 7.46.